The molecule has 1 saturated carbocycles. The van der Waals surface area contributed by atoms with Crippen LogP contribution in [0, 0.1) is 0 Å². The molecule has 3 nitrogen and oxygen atoms in total. The smallest absolute Gasteiger partial charge is 0.337 e. The Kier molecular flexibility index (Phi) is 4.99. The highest BCUT2D eigenvalue weighted by Crippen LogP contribution is 2.30. The van der Waals surface area contributed by atoms with Crippen LogP contribution in [0.3, 0.4) is 0 Å². The molecule has 0 amide bonds. The number of hydrogen-bond donors (Lipinski definition) is 2. The first-order valence-corrected chi connectivity index (χ1v) is 8.09. The summed E-state index contributed by atoms with van der Waals surface area (Å²) in [5.74, 6) is -0.989. The molecule has 2 rings (SSSR count). The summed E-state index contributed by atoms with van der Waals surface area (Å²) in [6.45, 7) is 0. The number of anilines is 1. The highest BCUT2D eigenvalue weighted by atomic mass is 35.5. The Morgan fingerprint density at radius 2 is 2.26 bits per heavy atom. The Morgan fingerprint density at radius 1 is 1.47 bits per heavy atom. The molecule has 0 radical (unpaired) electrons. The van der Waals surface area contributed by atoms with Crippen LogP contribution in [0.2, 0.25) is 5.02 Å². The normalized spacial score (nSPS) is 23.1. The lowest BCUT2D eigenvalue weighted by molar-refractivity contribution is 0.0697. The van der Waals surface area contributed by atoms with Gasteiger partial charge in [0.1, 0.15) is 0 Å². The third-order valence-electron chi connectivity index (χ3n) is 3.53. The first-order chi connectivity index (χ1) is 9.10. The van der Waals surface area contributed by atoms with Gasteiger partial charge in [0.05, 0.1) is 10.6 Å². The summed E-state index contributed by atoms with van der Waals surface area (Å²) >= 11 is 7.90. The Morgan fingerprint density at radius 3 is 2.89 bits per heavy atom. The summed E-state index contributed by atoms with van der Waals surface area (Å²) in [5, 5.41) is 13.4. The molecule has 1 aromatic rings. The van der Waals surface area contributed by atoms with Gasteiger partial charge in [0.25, 0.3) is 0 Å². The molecule has 104 valence electrons. The Labute approximate surface area is 122 Å². The predicted molar refractivity (Wildman–Crippen MR) is 81.6 cm³/mol. The first kappa shape index (κ1) is 14.5. The van der Waals surface area contributed by atoms with Crippen molar-refractivity contribution in [3.8, 4) is 0 Å². The van der Waals surface area contributed by atoms with E-state index < -0.39 is 5.97 Å². The average molecular weight is 300 g/mol. The SMILES string of the molecule is CSC1CCCC(Nc2ccc(C(=O)O)c(Cl)c2)C1. The number of aromatic carboxylic acids is 1. The van der Waals surface area contributed by atoms with Gasteiger partial charge in [-0.15, -0.1) is 0 Å². The zero-order valence-electron chi connectivity index (χ0n) is 10.9. The van der Waals surface area contributed by atoms with Gasteiger partial charge in [0.2, 0.25) is 0 Å². The number of hydrogen-bond acceptors (Lipinski definition) is 3. The van der Waals surface area contributed by atoms with Crippen LogP contribution < -0.4 is 5.32 Å². The van der Waals surface area contributed by atoms with Crippen molar-refractivity contribution in [3.63, 3.8) is 0 Å². The van der Waals surface area contributed by atoms with E-state index in [9.17, 15) is 4.79 Å². The molecule has 19 heavy (non-hydrogen) atoms. The number of carboxylic acid groups (broad SMARTS) is 1. The van der Waals surface area contributed by atoms with E-state index in [2.05, 4.69) is 11.6 Å². The fourth-order valence-electron chi connectivity index (χ4n) is 2.50. The largest absolute Gasteiger partial charge is 0.478 e. The molecule has 1 fully saturated rings. The van der Waals surface area contributed by atoms with Crippen molar-refractivity contribution in [1.29, 1.82) is 0 Å². The monoisotopic (exact) mass is 299 g/mol. The van der Waals surface area contributed by atoms with Gasteiger partial charge in [-0.1, -0.05) is 18.0 Å². The molecule has 1 aliphatic carbocycles. The summed E-state index contributed by atoms with van der Waals surface area (Å²) in [7, 11) is 0. The summed E-state index contributed by atoms with van der Waals surface area (Å²) < 4.78 is 0. The van der Waals surface area contributed by atoms with Crippen molar-refractivity contribution < 1.29 is 9.90 Å². The Bertz CT molecular complexity index is 467. The van der Waals surface area contributed by atoms with Gasteiger partial charge < -0.3 is 10.4 Å². The molecular formula is C14H18ClNO2S. The summed E-state index contributed by atoms with van der Waals surface area (Å²) in [4.78, 5) is 10.9. The maximum Gasteiger partial charge on any atom is 0.337 e. The van der Waals surface area contributed by atoms with Crippen LogP contribution in [0.1, 0.15) is 36.0 Å². The third kappa shape index (κ3) is 3.80. The second kappa shape index (κ2) is 6.53. The lowest BCUT2D eigenvalue weighted by Crippen LogP contribution is -2.28. The number of benzene rings is 1. The molecule has 0 saturated heterocycles. The number of halogens is 1. The average Bonchev–Trinajstić information content (AvgIpc) is 2.38. The quantitative estimate of drug-likeness (QED) is 0.878. The van der Waals surface area contributed by atoms with E-state index in [1.54, 1.807) is 18.2 Å². The minimum Gasteiger partial charge on any atom is -0.478 e. The van der Waals surface area contributed by atoms with Gasteiger partial charge in [-0.25, -0.2) is 4.79 Å². The number of rotatable bonds is 4. The maximum atomic E-state index is 10.9. The highest BCUT2D eigenvalue weighted by Gasteiger charge is 2.21. The van der Waals surface area contributed by atoms with Crippen molar-refractivity contribution in [2.45, 2.75) is 37.0 Å². The van der Waals surface area contributed by atoms with Crippen LogP contribution >= 0.6 is 23.4 Å². The molecule has 0 spiro atoms. The van der Waals surface area contributed by atoms with Crippen LogP contribution in [0.15, 0.2) is 18.2 Å². The standard InChI is InChI=1S/C14H18ClNO2S/c1-19-11-4-2-3-9(7-11)16-10-5-6-12(14(17)18)13(15)8-10/h5-6,8-9,11,16H,2-4,7H2,1H3,(H,17,18). The van der Waals surface area contributed by atoms with Crippen molar-refractivity contribution in [2.75, 3.05) is 11.6 Å². The van der Waals surface area contributed by atoms with Crippen LogP contribution in [-0.2, 0) is 0 Å². The second-order valence-corrected chi connectivity index (χ2v) is 6.41. The van der Waals surface area contributed by atoms with Gasteiger partial charge in [-0.2, -0.15) is 11.8 Å². The van der Waals surface area contributed by atoms with Gasteiger partial charge in [0, 0.05) is 17.0 Å². The summed E-state index contributed by atoms with van der Waals surface area (Å²) in [5.41, 5.74) is 1.06. The van der Waals surface area contributed by atoms with Crippen molar-refractivity contribution >= 4 is 35.0 Å². The Hall–Kier alpha value is -0.870. The number of nitrogens with one attached hydrogen (secondary N) is 1. The van der Waals surface area contributed by atoms with E-state index in [1.165, 1.54) is 12.8 Å². The van der Waals surface area contributed by atoms with E-state index in [-0.39, 0.29) is 10.6 Å². The zero-order chi connectivity index (χ0) is 13.8. The van der Waals surface area contributed by atoms with Crippen molar-refractivity contribution in [2.24, 2.45) is 0 Å². The van der Waals surface area contributed by atoms with Gasteiger partial charge in [-0.3, -0.25) is 0 Å². The zero-order valence-corrected chi connectivity index (χ0v) is 12.4. The first-order valence-electron chi connectivity index (χ1n) is 6.42. The molecule has 0 bridgehead atoms. The van der Waals surface area contributed by atoms with Crippen molar-refractivity contribution in [1.82, 2.24) is 0 Å². The molecule has 0 heterocycles. The number of carboxylic acids is 1. The summed E-state index contributed by atoms with van der Waals surface area (Å²) in [6, 6.07) is 5.51. The lowest BCUT2D eigenvalue weighted by atomic mass is 9.94. The van der Waals surface area contributed by atoms with E-state index >= 15 is 0 Å². The van der Waals surface area contributed by atoms with Gasteiger partial charge >= 0.3 is 5.97 Å². The van der Waals surface area contributed by atoms with Crippen LogP contribution in [0.25, 0.3) is 0 Å². The fraction of sp³-hybridized carbons (Fsp3) is 0.500. The number of carbonyl (C=O) groups is 1. The fourth-order valence-corrected chi connectivity index (χ4v) is 3.59. The molecule has 1 aromatic carbocycles. The maximum absolute atomic E-state index is 10.9. The minimum atomic E-state index is -0.989. The highest BCUT2D eigenvalue weighted by molar-refractivity contribution is 7.99. The molecule has 2 N–H and O–H groups in total. The summed E-state index contributed by atoms with van der Waals surface area (Å²) in [6.07, 6.45) is 7.00. The number of thioether (sulfide) groups is 1. The molecule has 5 heteroatoms. The topological polar surface area (TPSA) is 49.3 Å². The van der Waals surface area contributed by atoms with Crippen LogP contribution in [0.5, 0.6) is 0 Å². The molecule has 1 aliphatic rings. The van der Waals surface area contributed by atoms with Crippen LogP contribution in [-0.4, -0.2) is 28.6 Å². The molecule has 2 unspecified atom stereocenters. The predicted octanol–water partition coefficient (Wildman–Crippen LogP) is 4.12. The molecular weight excluding hydrogens is 282 g/mol. The lowest BCUT2D eigenvalue weighted by Gasteiger charge is -2.29. The van der Waals surface area contributed by atoms with E-state index in [1.807, 2.05) is 11.8 Å². The molecule has 0 aromatic heterocycles. The minimum absolute atomic E-state index is 0.151. The van der Waals surface area contributed by atoms with Gasteiger partial charge in [0.15, 0.2) is 0 Å². The van der Waals surface area contributed by atoms with E-state index in [0.717, 1.165) is 23.8 Å². The van der Waals surface area contributed by atoms with Crippen molar-refractivity contribution in [3.05, 3.63) is 28.8 Å². The Balaban J connectivity index is 2.03. The van der Waals surface area contributed by atoms with E-state index in [0.29, 0.717) is 6.04 Å². The second-order valence-electron chi connectivity index (χ2n) is 4.87. The molecule has 2 atom stereocenters. The molecule has 0 aliphatic heterocycles. The van der Waals surface area contributed by atoms with Gasteiger partial charge in [-0.05, 0) is 43.7 Å². The van der Waals surface area contributed by atoms with Crippen LogP contribution in [0.4, 0.5) is 5.69 Å². The van der Waals surface area contributed by atoms with E-state index in [4.69, 9.17) is 16.7 Å². The third-order valence-corrected chi connectivity index (χ3v) is 4.94.